The molecule has 0 aromatic heterocycles. The molecule has 0 aromatic carbocycles. The highest BCUT2D eigenvalue weighted by Crippen LogP contribution is 2.09. The fraction of sp³-hybridized carbons (Fsp3) is 1.00. The normalized spacial score (nSPS) is 17.4. The Morgan fingerprint density at radius 2 is 1.81 bits per heavy atom. The Bertz CT molecular complexity index is 194. The SMILES string of the molecule is CCCNC(C)CC(C)S(=O)CCC(C)C. The molecule has 0 rings (SSSR count). The molecule has 16 heavy (non-hydrogen) atoms. The second-order valence-electron chi connectivity index (χ2n) is 5.17. The highest BCUT2D eigenvalue weighted by molar-refractivity contribution is 7.85. The summed E-state index contributed by atoms with van der Waals surface area (Å²) in [4.78, 5) is 0. The summed E-state index contributed by atoms with van der Waals surface area (Å²) in [6.07, 6.45) is 3.26. The molecule has 3 atom stereocenters. The zero-order valence-corrected chi connectivity index (χ0v) is 12.4. The van der Waals surface area contributed by atoms with Crippen molar-refractivity contribution in [3.05, 3.63) is 0 Å². The molecule has 0 heterocycles. The third kappa shape index (κ3) is 8.28. The van der Waals surface area contributed by atoms with Crippen LogP contribution in [-0.4, -0.2) is 27.8 Å². The largest absolute Gasteiger partial charge is 0.314 e. The first-order valence-electron chi connectivity index (χ1n) is 6.57. The van der Waals surface area contributed by atoms with E-state index in [9.17, 15) is 4.21 Å². The lowest BCUT2D eigenvalue weighted by Crippen LogP contribution is -2.31. The molecule has 0 radical (unpaired) electrons. The summed E-state index contributed by atoms with van der Waals surface area (Å²) in [7, 11) is -0.651. The van der Waals surface area contributed by atoms with Crippen LogP contribution in [0.3, 0.4) is 0 Å². The minimum Gasteiger partial charge on any atom is -0.314 e. The van der Waals surface area contributed by atoms with E-state index in [-0.39, 0.29) is 0 Å². The summed E-state index contributed by atoms with van der Waals surface area (Å²) in [5.74, 6) is 1.52. The van der Waals surface area contributed by atoms with Crippen LogP contribution in [0.4, 0.5) is 0 Å². The van der Waals surface area contributed by atoms with Crippen LogP contribution in [0.1, 0.15) is 53.9 Å². The predicted octanol–water partition coefficient (Wildman–Crippen LogP) is 2.95. The lowest BCUT2D eigenvalue weighted by Gasteiger charge is -2.18. The van der Waals surface area contributed by atoms with Crippen molar-refractivity contribution in [2.24, 2.45) is 5.92 Å². The fourth-order valence-corrected chi connectivity index (χ4v) is 3.24. The quantitative estimate of drug-likeness (QED) is 0.679. The maximum Gasteiger partial charge on any atom is 0.0334 e. The summed E-state index contributed by atoms with van der Waals surface area (Å²) in [6.45, 7) is 11.9. The van der Waals surface area contributed by atoms with E-state index in [0.717, 1.165) is 31.6 Å². The van der Waals surface area contributed by atoms with Gasteiger partial charge in [0.15, 0.2) is 0 Å². The van der Waals surface area contributed by atoms with Crippen molar-refractivity contribution in [1.82, 2.24) is 5.32 Å². The fourth-order valence-electron chi connectivity index (χ4n) is 1.63. The Balaban J connectivity index is 3.77. The van der Waals surface area contributed by atoms with Gasteiger partial charge in [0.1, 0.15) is 0 Å². The molecule has 98 valence electrons. The molecule has 0 fully saturated rings. The van der Waals surface area contributed by atoms with Crippen LogP contribution in [0, 0.1) is 5.92 Å². The van der Waals surface area contributed by atoms with Crippen LogP contribution in [0.15, 0.2) is 0 Å². The van der Waals surface area contributed by atoms with Gasteiger partial charge in [0, 0.05) is 27.8 Å². The maximum atomic E-state index is 11.9. The second-order valence-corrected chi connectivity index (χ2v) is 7.14. The van der Waals surface area contributed by atoms with Gasteiger partial charge in [-0.1, -0.05) is 27.7 Å². The van der Waals surface area contributed by atoms with Crippen molar-refractivity contribution in [2.75, 3.05) is 12.3 Å². The third-order valence-corrected chi connectivity index (χ3v) is 4.50. The standard InChI is InChI=1S/C13H29NOS/c1-6-8-14-12(4)10-13(5)16(15)9-7-11(2)3/h11-14H,6-10H2,1-5H3. The average Bonchev–Trinajstić information content (AvgIpc) is 2.22. The Morgan fingerprint density at radius 3 is 2.31 bits per heavy atom. The zero-order valence-electron chi connectivity index (χ0n) is 11.6. The van der Waals surface area contributed by atoms with Gasteiger partial charge in [-0.15, -0.1) is 0 Å². The Kier molecular flexibility index (Phi) is 9.24. The Morgan fingerprint density at radius 1 is 1.19 bits per heavy atom. The smallest absolute Gasteiger partial charge is 0.0334 e. The monoisotopic (exact) mass is 247 g/mol. The van der Waals surface area contributed by atoms with Gasteiger partial charge in [0.2, 0.25) is 0 Å². The molecule has 0 aliphatic heterocycles. The van der Waals surface area contributed by atoms with E-state index in [1.807, 2.05) is 0 Å². The van der Waals surface area contributed by atoms with Gasteiger partial charge in [0.25, 0.3) is 0 Å². The molecule has 1 N–H and O–H groups in total. The summed E-state index contributed by atoms with van der Waals surface area (Å²) in [6, 6.07) is 0.484. The van der Waals surface area contributed by atoms with E-state index in [2.05, 4.69) is 39.9 Å². The van der Waals surface area contributed by atoms with Crippen molar-refractivity contribution in [3.63, 3.8) is 0 Å². The zero-order chi connectivity index (χ0) is 12.6. The number of nitrogens with one attached hydrogen (secondary N) is 1. The van der Waals surface area contributed by atoms with Gasteiger partial charge in [-0.2, -0.15) is 0 Å². The molecule has 0 spiro atoms. The highest BCUT2D eigenvalue weighted by Gasteiger charge is 2.14. The average molecular weight is 247 g/mol. The molecule has 0 amide bonds. The van der Waals surface area contributed by atoms with Gasteiger partial charge in [-0.25, -0.2) is 0 Å². The van der Waals surface area contributed by atoms with Gasteiger partial charge in [-0.3, -0.25) is 4.21 Å². The number of hydrogen-bond acceptors (Lipinski definition) is 2. The van der Waals surface area contributed by atoms with E-state index in [4.69, 9.17) is 0 Å². The summed E-state index contributed by atoms with van der Waals surface area (Å²) in [5.41, 5.74) is 0. The molecular weight excluding hydrogens is 218 g/mol. The van der Waals surface area contributed by atoms with E-state index in [0.29, 0.717) is 17.2 Å². The topological polar surface area (TPSA) is 29.1 Å². The lowest BCUT2D eigenvalue weighted by atomic mass is 10.2. The van der Waals surface area contributed by atoms with Crippen LogP contribution in [0.25, 0.3) is 0 Å². The Hall–Kier alpha value is 0.110. The molecule has 0 bridgehead atoms. The van der Waals surface area contributed by atoms with Crippen molar-refractivity contribution >= 4 is 10.8 Å². The van der Waals surface area contributed by atoms with E-state index in [1.54, 1.807) is 0 Å². The van der Waals surface area contributed by atoms with Crippen molar-refractivity contribution in [3.8, 4) is 0 Å². The molecule has 0 saturated carbocycles. The van der Waals surface area contributed by atoms with Crippen LogP contribution < -0.4 is 5.32 Å². The number of rotatable bonds is 9. The molecule has 3 heteroatoms. The van der Waals surface area contributed by atoms with Gasteiger partial charge >= 0.3 is 0 Å². The second kappa shape index (κ2) is 9.17. The minimum atomic E-state index is -0.651. The van der Waals surface area contributed by atoms with Crippen LogP contribution >= 0.6 is 0 Å². The van der Waals surface area contributed by atoms with Crippen LogP contribution in [0.2, 0.25) is 0 Å². The molecule has 0 aliphatic rings. The highest BCUT2D eigenvalue weighted by atomic mass is 32.2. The predicted molar refractivity (Wildman–Crippen MR) is 74.3 cm³/mol. The van der Waals surface area contributed by atoms with Gasteiger partial charge in [0.05, 0.1) is 0 Å². The molecular formula is C13H29NOS. The molecule has 0 aliphatic carbocycles. The first kappa shape index (κ1) is 16.1. The van der Waals surface area contributed by atoms with Crippen LogP contribution in [-0.2, 0) is 10.8 Å². The number of hydrogen-bond donors (Lipinski definition) is 1. The van der Waals surface area contributed by atoms with E-state index >= 15 is 0 Å². The Labute approximate surface area is 104 Å². The van der Waals surface area contributed by atoms with E-state index < -0.39 is 10.8 Å². The van der Waals surface area contributed by atoms with Crippen molar-refractivity contribution < 1.29 is 4.21 Å². The maximum absolute atomic E-state index is 11.9. The van der Waals surface area contributed by atoms with Crippen molar-refractivity contribution in [1.29, 1.82) is 0 Å². The van der Waals surface area contributed by atoms with Crippen molar-refractivity contribution in [2.45, 2.75) is 65.2 Å². The minimum absolute atomic E-state index is 0.318. The first-order valence-corrected chi connectivity index (χ1v) is 7.96. The van der Waals surface area contributed by atoms with Gasteiger partial charge in [-0.05, 0) is 38.6 Å². The summed E-state index contributed by atoms with van der Waals surface area (Å²) < 4.78 is 11.9. The summed E-state index contributed by atoms with van der Waals surface area (Å²) >= 11 is 0. The lowest BCUT2D eigenvalue weighted by molar-refractivity contribution is 0.507. The van der Waals surface area contributed by atoms with Gasteiger partial charge < -0.3 is 5.32 Å². The van der Waals surface area contributed by atoms with Crippen LogP contribution in [0.5, 0.6) is 0 Å². The summed E-state index contributed by atoms with van der Waals surface area (Å²) in [5, 5.41) is 3.77. The van der Waals surface area contributed by atoms with E-state index in [1.165, 1.54) is 0 Å². The molecule has 0 saturated heterocycles. The third-order valence-electron chi connectivity index (χ3n) is 2.77. The molecule has 2 nitrogen and oxygen atoms in total. The molecule has 3 unspecified atom stereocenters. The molecule has 0 aromatic rings. The first-order chi connectivity index (χ1) is 7.47.